The highest BCUT2D eigenvalue weighted by molar-refractivity contribution is 5.62. The monoisotopic (exact) mass is 280 g/mol. The Hall–Kier alpha value is -1.89. The average molecular weight is 280 g/mol. The highest BCUT2D eigenvalue weighted by Crippen LogP contribution is 2.34. The summed E-state index contributed by atoms with van der Waals surface area (Å²) in [7, 11) is 1.75. The van der Waals surface area contributed by atoms with E-state index < -0.39 is 0 Å². The number of aromatic nitrogens is 2. The van der Waals surface area contributed by atoms with E-state index in [0.717, 1.165) is 13.0 Å². The lowest BCUT2D eigenvalue weighted by atomic mass is 10.3. The second kappa shape index (κ2) is 6.04. The van der Waals surface area contributed by atoms with Gasteiger partial charge in [0.2, 0.25) is 5.82 Å². The van der Waals surface area contributed by atoms with Crippen molar-refractivity contribution in [1.82, 2.24) is 9.78 Å². The van der Waals surface area contributed by atoms with Crippen molar-refractivity contribution in [3.63, 3.8) is 0 Å². The molecule has 2 heterocycles. The lowest BCUT2D eigenvalue weighted by Crippen LogP contribution is -2.25. The van der Waals surface area contributed by atoms with Gasteiger partial charge in [0, 0.05) is 20.1 Å². The molecule has 0 aromatic carbocycles. The minimum atomic E-state index is -0.334. The molecule has 110 valence electrons. The second-order valence-corrected chi connectivity index (χ2v) is 4.83. The van der Waals surface area contributed by atoms with E-state index in [9.17, 15) is 10.1 Å². The van der Waals surface area contributed by atoms with E-state index in [-0.39, 0.29) is 16.7 Å². The number of hydrogen-bond acceptors (Lipinski definition) is 5. The summed E-state index contributed by atoms with van der Waals surface area (Å²) in [4.78, 5) is 13.0. The van der Waals surface area contributed by atoms with Crippen molar-refractivity contribution < 1.29 is 9.66 Å². The van der Waals surface area contributed by atoms with Gasteiger partial charge in [-0.25, -0.2) is 4.68 Å². The fourth-order valence-electron chi connectivity index (χ4n) is 2.60. The van der Waals surface area contributed by atoms with Crippen LogP contribution in [0.25, 0.3) is 0 Å². The van der Waals surface area contributed by atoms with Gasteiger partial charge in [-0.2, -0.15) is 5.10 Å². The number of hydrogen-bond donors (Lipinski definition) is 0. The van der Waals surface area contributed by atoms with E-state index in [0.29, 0.717) is 31.1 Å². The first-order chi connectivity index (χ1) is 9.58. The van der Waals surface area contributed by atoms with Crippen LogP contribution in [0.4, 0.5) is 11.5 Å². The molecule has 7 nitrogen and oxygen atoms in total. The third kappa shape index (κ3) is 2.67. The number of aryl methyl sites for hydroxylation is 2. The van der Waals surface area contributed by atoms with Crippen molar-refractivity contribution in [1.29, 1.82) is 0 Å². The third-order valence-corrected chi connectivity index (χ3v) is 3.47. The first kappa shape index (κ1) is 14.5. The fourth-order valence-corrected chi connectivity index (χ4v) is 2.60. The molecule has 0 spiro atoms. The Morgan fingerprint density at radius 1 is 1.65 bits per heavy atom. The molecule has 1 aromatic heterocycles. The van der Waals surface area contributed by atoms with Crippen LogP contribution in [0, 0.1) is 10.1 Å². The molecule has 0 saturated carbocycles. The third-order valence-electron chi connectivity index (χ3n) is 3.47. The fraction of sp³-hybridized carbons (Fsp3) is 0.615. The van der Waals surface area contributed by atoms with Crippen molar-refractivity contribution in [2.75, 3.05) is 24.6 Å². The Morgan fingerprint density at radius 2 is 2.40 bits per heavy atom. The lowest BCUT2D eigenvalue weighted by molar-refractivity contribution is -0.384. The predicted molar refractivity (Wildman–Crippen MR) is 76.0 cm³/mol. The van der Waals surface area contributed by atoms with Gasteiger partial charge in [0.25, 0.3) is 0 Å². The zero-order chi connectivity index (χ0) is 14.7. The average Bonchev–Trinajstić information content (AvgIpc) is 2.99. The van der Waals surface area contributed by atoms with Crippen molar-refractivity contribution >= 4 is 11.5 Å². The van der Waals surface area contributed by atoms with Gasteiger partial charge in [-0.05, 0) is 12.8 Å². The SMILES string of the molecule is C=CCOC1CCN(c2c([N+](=O)[O-])c(CC)nn2C)C1. The molecule has 0 bridgehead atoms. The molecule has 7 heteroatoms. The molecule has 1 atom stereocenters. The maximum Gasteiger partial charge on any atom is 0.334 e. The second-order valence-electron chi connectivity index (χ2n) is 4.83. The predicted octanol–water partition coefficient (Wildman–Crippen LogP) is 1.67. The molecule has 1 aliphatic heterocycles. The summed E-state index contributed by atoms with van der Waals surface area (Å²) < 4.78 is 7.22. The zero-order valence-electron chi connectivity index (χ0n) is 11.9. The standard InChI is InChI=1S/C13H20N4O3/c1-4-8-20-10-6-7-16(9-10)13-12(17(18)19)11(5-2)14-15(13)3/h4,10H,1,5-9H2,2-3H3. The molecule has 0 radical (unpaired) electrons. The topological polar surface area (TPSA) is 73.4 Å². The molecule has 0 aliphatic carbocycles. The molecule has 0 N–H and O–H groups in total. The maximum absolute atomic E-state index is 11.3. The van der Waals surface area contributed by atoms with E-state index in [1.54, 1.807) is 17.8 Å². The zero-order valence-corrected chi connectivity index (χ0v) is 11.9. The van der Waals surface area contributed by atoms with Crippen LogP contribution in [0.3, 0.4) is 0 Å². The molecular formula is C13H20N4O3. The van der Waals surface area contributed by atoms with E-state index in [1.165, 1.54) is 0 Å². The van der Waals surface area contributed by atoms with Gasteiger partial charge in [-0.15, -0.1) is 6.58 Å². The Morgan fingerprint density at radius 3 is 3.00 bits per heavy atom. The van der Waals surface area contributed by atoms with E-state index >= 15 is 0 Å². The first-order valence-electron chi connectivity index (χ1n) is 6.76. The molecule has 2 rings (SSSR count). The molecule has 1 fully saturated rings. The normalized spacial score (nSPS) is 18.5. The smallest absolute Gasteiger partial charge is 0.334 e. The number of rotatable bonds is 6. The van der Waals surface area contributed by atoms with Crippen molar-refractivity contribution in [3.05, 3.63) is 28.5 Å². The minimum absolute atomic E-state index is 0.0904. The summed E-state index contributed by atoms with van der Waals surface area (Å²) in [5.74, 6) is 0.580. The van der Waals surface area contributed by atoms with Gasteiger partial charge >= 0.3 is 5.69 Å². The lowest BCUT2D eigenvalue weighted by Gasteiger charge is -2.17. The first-order valence-corrected chi connectivity index (χ1v) is 6.76. The van der Waals surface area contributed by atoms with Gasteiger partial charge in [-0.3, -0.25) is 10.1 Å². The number of anilines is 1. The van der Waals surface area contributed by atoms with E-state index in [1.807, 2.05) is 11.8 Å². The van der Waals surface area contributed by atoms with Crippen molar-refractivity contribution in [2.45, 2.75) is 25.9 Å². The Bertz CT molecular complexity index is 512. The van der Waals surface area contributed by atoms with E-state index in [2.05, 4.69) is 11.7 Å². The number of ether oxygens (including phenoxy) is 1. The van der Waals surface area contributed by atoms with Crippen LogP contribution < -0.4 is 4.90 Å². The van der Waals surface area contributed by atoms with Gasteiger partial charge < -0.3 is 9.64 Å². The van der Waals surface area contributed by atoms with Crippen LogP contribution in [0.1, 0.15) is 19.0 Å². The van der Waals surface area contributed by atoms with Gasteiger partial charge in [0.05, 0.1) is 17.6 Å². The van der Waals surface area contributed by atoms with Crippen LogP contribution in [0.5, 0.6) is 0 Å². The largest absolute Gasteiger partial charge is 0.372 e. The van der Waals surface area contributed by atoms with Crippen LogP contribution in [-0.4, -0.2) is 40.5 Å². The van der Waals surface area contributed by atoms with Gasteiger partial charge in [0.15, 0.2) is 0 Å². The van der Waals surface area contributed by atoms with Crippen molar-refractivity contribution in [3.8, 4) is 0 Å². The molecule has 1 saturated heterocycles. The van der Waals surface area contributed by atoms with Crippen LogP contribution in [0.15, 0.2) is 12.7 Å². The van der Waals surface area contributed by atoms with E-state index in [4.69, 9.17) is 4.74 Å². The van der Waals surface area contributed by atoms with Crippen molar-refractivity contribution in [2.24, 2.45) is 7.05 Å². The highest BCUT2D eigenvalue weighted by atomic mass is 16.6. The molecule has 1 aliphatic rings. The summed E-state index contributed by atoms with van der Waals surface area (Å²) in [6, 6.07) is 0. The Labute approximate surface area is 118 Å². The molecule has 1 aromatic rings. The van der Waals surface area contributed by atoms with Crippen LogP contribution in [0.2, 0.25) is 0 Å². The Kier molecular flexibility index (Phi) is 4.39. The summed E-state index contributed by atoms with van der Waals surface area (Å²) in [6.07, 6.45) is 3.21. The highest BCUT2D eigenvalue weighted by Gasteiger charge is 2.33. The quantitative estimate of drug-likeness (QED) is 0.450. The molecular weight excluding hydrogens is 260 g/mol. The maximum atomic E-state index is 11.3. The molecule has 0 amide bonds. The van der Waals surface area contributed by atoms with Gasteiger partial charge in [-0.1, -0.05) is 13.0 Å². The van der Waals surface area contributed by atoms with Gasteiger partial charge in [0.1, 0.15) is 5.69 Å². The number of nitrogens with zero attached hydrogens (tertiary/aromatic N) is 4. The molecule has 1 unspecified atom stereocenters. The summed E-state index contributed by atoms with van der Waals surface area (Å²) >= 11 is 0. The minimum Gasteiger partial charge on any atom is -0.372 e. The Balaban J connectivity index is 2.23. The summed E-state index contributed by atoms with van der Waals surface area (Å²) in [6.45, 7) is 7.39. The number of nitro groups is 1. The summed E-state index contributed by atoms with van der Waals surface area (Å²) in [5.41, 5.74) is 0.655. The molecule has 20 heavy (non-hydrogen) atoms. The van der Waals surface area contributed by atoms with Crippen LogP contribution >= 0.6 is 0 Å². The van der Waals surface area contributed by atoms with Crippen LogP contribution in [-0.2, 0) is 18.2 Å². The summed E-state index contributed by atoms with van der Waals surface area (Å²) in [5, 5.41) is 15.6.